The van der Waals surface area contributed by atoms with E-state index >= 15 is 0 Å². The van der Waals surface area contributed by atoms with Crippen LogP contribution in [0.1, 0.15) is 44.3 Å². The molecule has 1 aliphatic rings. The lowest BCUT2D eigenvalue weighted by Crippen LogP contribution is -2.34. The van der Waals surface area contributed by atoms with Crippen LogP contribution < -0.4 is 4.72 Å². The molecule has 1 N–H and O–H groups in total. The van der Waals surface area contributed by atoms with Crippen molar-refractivity contribution >= 4 is 21.1 Å². The average molecular weight is 321 g/mol. The molecule has 5 nitrogen and oxygen atoms in total. The van der Waals surface area contributed by atoms with Gasteiger partial charge in [0.05, 0.1) is 15.9 Å². The van der Waals surface area contributed by atoms with Crippen LogP contribution in [0.2, 0.25) is 0 Å². The summed E-state index contributed by atoms with van der Waals surface area (Å²) in [6.45, 7) is 1.91. The van der Waals surface area contributed by atoms with Gasteiger partial charge in [-0.2, -0.15) is 0 Å². The van der Waals surface area contributed by atoms with E-state index in [2.05, 4.69) is 9.71 Å². The number of sulfonamides is 1. The van der Waals surface area contributed by atoms with Gasteiger partial charge in [-0.05, 0) is 38.0 Å². The first-order chi connectivity index (χ1) is 10.5. The van der Waals surface area contributed by atoms with Crippen molar-refractivity contribution in [3.8, 4) is 0 Å². The number of nitrogens with one attached hydrogen (secondary N) is 1. The van der Waals surface area contributed by atoms with E-state index in [0.29, 0.717) is 4.90 Å². The van der Waals surface area contributed by atoms with Crippen LogP contribution in [0.15, 0.2) is 23.1 Å². The summed E-state index contributed by atoms with van der Waals surface area (Å²) in [5.41, 5.74) is 1.68. The van der Waals surface area contributed by atoms with E-state index in [1.807, 2.05) is 24.6 Å². The molecule has 0 spiro atoms. The zero-order valence-corrected chi connectivity index (χ0v) is 14.0. The fraction of sp³-hybridized carbons (Fsp3) is 0.562. The summed E-state index contributed by atoms with van der Waals surface area (Å²) in [4.78, 5) is 4.73. The van der Waals surface area contributed by atoms with Crippen LogP contribution in [0, 0.1) is 6.92 Å². The Labute approximate surface area is 131 Å². The maximum atomic E-state index is 12.6. The Morgan fingerprint density at radius 1 is 1.18 bits per heavy atom. The Morgan fingerprint density at radius 3 is 2.55 bits per heavy atom. The van der Waals surface area contributed by atoms with Gasteiger partial charge in [-0.1, -0.05) is 25.7 Å². The highest BCUT2D eigenvalue weighted by molar-refractivity contribution is 7.89. The maximum Gasteiger partial charge on any atom is 0.240 e. The summed E-state index contributed by atoms with van der Waals surface area (Å²) in [6.07, 6.45) is 6.49. The van der Waals surface area contributed by atoms with Crippen molar-refractivity contribution in [1.29, 1.82) is 0 Å². The first-order valence-electron chi connectivity index (χ1n) is 7.93. The average Bonchev–Trinajstić information content (AvgIpc) is 2.67. The minimum atomic E-state index is -3.47. The fourth-order valence-corrected chi connectivity index (χ4v) is 4.48. The Hall–Kier alpha value is -1.40. The predicted octanol–water partition coefficient (Wildman–Crippen LogP) is 2.88. The number of hydrogen-bond acceptors (Lipinski definition) is 3. The first kappa shape index (κ1) is 15.5. The summed E-state index contributed by atoms with van der Waals surface area (Å²) in [7, 11) is -1.54. The van der Waals surface area contributed by atoms with Gasteiger partial charge < -0.3 is 4.57 Å². The van der Waals surface area contributed by atoms with Crippen molar-refractivity contribution in [1.82, 2.24) is 14.3 Å². The molecular formula is C16H23N3O2S. The number of fused-ring (bicyclic) bond motifs is 1. The normalized spacial score (nSPS) is 17.7. The van der Waals surface area contributed by atoms with E-state index < -0.39 is 10.0 Å². The largest absolute Gasteiger partial charge is 0.331 e. The molecule has 120 valence electrons. The van der Waals surface area contributed by atoms with Crippen LogP contribution in [0.4, 0.5) is 0 Å². The molecule has 1 aliphatic carbocycles. The monoisotopic (exact) mass is 321 g/mol. The first-order valence-corrected chi connectivity index (χ1v) is 9.41. The molecule has 1 aromatic heterocycles. The molecule has 0 unspecified atom stereocenters. The zero-order valence-electron chi connectivity index (χ0n) is 13.2. The third-order valence-corrected chi connectivity index (χ3v) is 6.08. The Balaban J connectivity index is 1.88. The number of aryl methyl sites for hydroxylation is 2. The van der Waals surface area contributed by atoms with Crippen molar-refractivity contribution in [3.05, 3.63) is 24.0 Å². The number of aromatic nitrogens is 2. The Kier molecular flexibility index (Phi) is 4.23. The number of imidazole rings is 1. The topological polar surface area (TPSA) is 64.0 Å². The lowest BCUT2D eigenvalue weighted by Gasteiger charge is -2.16. The molecule has 0 aliphatic heterocycles. The van der Waals surface area contributed by atoms with Crippen LogP contribution in [0.5, 0.6) is 0 Å². The highest BCUT2D eigenvalue weighted by Crippen LogP contribution is 2.22. The molecule has 0 atom stereocenters. The zero-order chi connectivity index (χ0) is 15.7. The molecular weight excluding hydrogens is 298 g/mol. The highest BCUT2D eigenvalue weighted by atomic mass is 32.2. The van der Waals surface area contributed by atoms with Gasteiger partial charge >= 0.3 is 0 Å². The summed E-state index contributed by atoms with van der Waals surface area (Å²) in [5.74, 6) is 0.876. The van der Waals surface area contributed by atoms with E-state index in [-0.39, 0.29) is 6.04 Å². The van der Waals surface area contributed by atoms with Crippen LogP contribution in [0.25, 0.3) is 11.0 Å². The van der Waals surface area contributed by atoms with Gasteiger partial charge in [0.15, 0.2) is 0 Å². The molecule has 0 bridgehead atoms. The highest BCUT2D eigenvalue weighted by Gasteiger charge is 2.22. The second kappa shape index (κ2) is 6.01. The second-order valence-electron chi connectivity index (χ2n) is 6.18. The van der Waals surface area contributed by atoms with E-state index in [1.54, 1.807) is 12.1 Å². The van der Waals surface area contributed by atoms with Crippen molar-refractivity contribution in [2.45, 2.75) is 56.4 Å². The molecule has 1 aromatic carbocycles. The van der Waals surface area contributed by atoms with Gasteiger partial charge in [0.2, 0.25) is 10.0 Å². The third kappa shape index (κ3) is 3.03. The quantitative estimate of drug-likeness (QED) is 0.884. The van der Waals surface area contributed by atoms with Gasteiger partial charge in [0.25, 0.3) is 0 Å². The Bertz CT molecular complexity index is 772. The Morgan fingerprint density at radius 2 is 1.86 bits per heavy atom. The van der Waals surface area contributed by atoms with E-state index in [1.165, 1.54) is 12.8 Å². The number of benzene rings is 1. The maximum absolute atomic E-state index is 12.6. The molecule has 0 amide bonds. The van der Waals surface area contributed by atoms with Crippen LogP contribution in [0.3, 0.4) is 0 Å². The lowest BCUT2D eigenvalue weighted by atomic mass is 10.1. The van der Waals surface area contributed by atoms with Gasteiger partial charge in [0, 0.05) is 13.1 Å². The molecule has 22 heavy (non-hydrogen) atoms. The number of nitrogens with zero attached hydrogens (tertiary/aromatic N) is 2. The minimum Gasteiger partial charge on any atom is -0.331 e. The molecule has 3 rings (SSSR count). The predicted molar refractivity (Wildman–Crippen MR) is 87.3 cm³/mol. The standard InChI is InChI=1S/C16H23N3O2S/c1-12-17-15-11-14(9-10-16(15)19(12)2)22(20,21)18-13-7-5-3-4-6-8-13/h9-11,13,18H,3-8H2,1-2H3. The van der Waals surface area contributed by atoms with E-state index in [4.69, 9.17) is 0 Å². The molecule has 0 radical (unpaired) electrons. The van der Waals surface area contributed by atoms with Crippen molar-refractivity contribution in [3.63, 3.8) is 0 Å². The summed E-state index contributed by atoms with van der Waals surface area (Å²) in [6, 6.07) is 5.23. The molecule has 6 heteroatoms. The molecule has 2 aromatic rings. The smallest absolute Gasteiger partial charge is 0.240 e. The summed E-state index contributed by atoms with van der Waals surface area (Å²) >= 11 is 0. The van der Waals surface area contributed by atoms with Crippen LogP contribution >= 0.6 is 0 Å². The number of hydrogen-bond donors (Lipinski definition) is 1. The summed E-state index contributed by atoms with van der Waals surface area (Å²) in [5, 5.41) is 0. The number of rotatable bonds is 3. The van der Waals surface area contributed by atoms with Crippen LogP contribution in [-0.4, -0.2) is 24.0 Å². The van der Waals surface area contributed by atoms with Crippen molar-refractivity contribution in [2.75, 3.05) is 0 Å². The lowest BCUT2D eigenvalue weighted by molar-refractivity contribution is 0.510. The van der Waals surface area contributed by atoms with Crippen molar-refractivity contribution < 1.29 is 8.42 Å². The fourth-order valence-electron chi connectivity index (χ4n) is 3.15. The third-order valence-electron chi connectivity index (χ3n) is 4.56. The van der Waals surface area contributed by atoms with Gasteiger partial charge in [0.1, 0.15) is 5.82 Å². The molecule has 1 heterocycles. The van der Waals surface area contributed by atoms with Gasteiger partial charge in [-0.3, -0.25) is 0 Å². The van der Waals surface area contributed by atoms with E-state index in [0.717, 1.165) is 42.5 Å². The van der Waals surface area contributed by atoms with Gasteiger partial charge in [-0.15, -0.1) is 0 Å². The molecule has 1 saturated carbocycles. The van der Waals surface area contributed by atoms with Crippen LogP contribution in [-0.2, 0) is 17.1 Å². The minimum absolute atomic E-state index is 0.0636. The molecule has 0 saturated heterocycles. The van der Waals surface area contributed by atoms with Gasteiger partial charge in [-0.25, -0.2) is 18.1 Å². The van der Waals surface area contributed by atoms with Crippen molar-refractivity contribution in [2.24, 2.45) is 7.05 Å². The van der Waals surface area contributed by atoms with E-state index in [9.17, 15) is 8.42 Å². The second-order valence-corrected chi connectivity index (χ2v) is 7.89. The molecule has 1 fully saturated rings. The summed E-state index contributed by atoms with van der Waals surface area (Å²) < 4.78 is 30.0. The SMILES string of the molecule is Cc1nc2cc(S(=O)(=O)NC3CCCCCC3)ccc2n1C.